The number of hydrogen-bond donors (Lipinski definition) is 1. The zero-order chi connectivity index (χ0) is 12.6. The van der Waals surface area contributed by atoms with Crippen molar-refractivity contribution >= 4 is 15.9 Å². The fourth-order valence-electron chi connectivity index (χ4n) is 2.63. The van der Waals surface area contributed by atoms with E-state index in [1.54, 1.807) is 6.07 Å². The molecule has 17 heavy (non-hydrogen) atoms. The lowest BCUT2D eigenvalue weighted by Crippen LogP contribution is -2.34. The summed E-state index contributed by atoms with van der Waals surface area (Å²) in [5, 5.41) is 0. The van der Waals surface area contributed by atoms with E-state index < -0.39 is 0 Å². The van der Waals surface area contributed by atoms with Gasteiger partial charge in [0.15, 0.2) is 0 Å². The summed E-state index contributed by atoms with van der Waals surface area (Å²) in [4.78, 5) is 2.07. The Kier molecular flexibility index (Phi) is 3.57. The molecule has 0 heterocycles. The third kappa shape index (κ3) is 2.39. The maximum atomic E-state index is 14.0. The van der Waals surface area contributed by atoms with Crippen molar-refractivity contribution < 1.29 is 4.39 Å². The molecule has 0 saturated heterocycles. The molecule has 0 radical (unpaired) electrons. The molecule has 2 N–H and O–H groups in total. The molecular formula is C13H18BrFN2. The Morgan fingerprint density at radius 1 is 1.47 bits per heavy atom. The summed E-state index contributed by atoms with van der Waals surface area (Å²) in [6.45, 7) is 0.613. The number of nitrogens with two attached hydrogens (primary N) is 1. The van der Waals surface area contributed by atoms with Crippen LogP contribution in [-0.2, 0) is 0 Å². The highest BCUT2D eigenvalue weighted by Crippen LogP contribution is 2.56. The molecule has 0 amide bonds. The van der Waals surface area contributed by atoms with Crippen molar-refractivity contribution in [2.24, 2.45) is 11.1 Å². The van der Waals surface area contributed by atoms with Gasteiger partial charge in [0.1, 0.15) is 5.82 Å². The van der Waals surface area contributed by atoms with Crippen LogP contribution in [0.25, 0.3) is 0 Å². The Labute approximate surface area is 110 Å². The van der Waals surface area contributed by atoms with Gasteiger partial charge in [-0.15, -0.1) is 0 Å². The molecule has 1 atom stereocenters. The fraction of sp³-hybridized carbons (Fsp3) is 0.538. The van der Waals surface area contributed by atoms with E-state index in [1.165, 1.54) is 6.07 Å². The van der Waals surface area contributed by atoms with Crippen LogP contribution >= 0.6 is 15.9 Å². The first-order chi connectivity index (χ1) is 8.00. The van der Waals surface area contributed by atoms with E-state index in [2.05, 4.69) is 20.8 Å². The Hall–Kier alpha value is -0.450. The second-order valence-electron chi connectivity index (χ2n) is 5.10. The van der Waals surface area contributed by atoms with Gasteiger partial charge >= 0.3 is 0 Å². The fourth-order valence-corrected chi connectivity index (χ4v) is 3.01. The second kappa shape index (κ2) is 4.67. The summed E-state index contributed by atoms with van der Waals surface area (Å²) < 4.78 is 14.9. The average Bonchev–Trinajstić information content (AvgIpc) is 3.04. The number of nitrogens with zero attached hydrogens (tertiary/aromatic N) is 1. The van der Waals surface area contributed by atoms with Crippen LogP contribution in [0.4, 0.5) is 4.39 Å². The van der Waals surface area contributed by atoms with E-state index in [1.807, 2.05) is 20.2 Å². The van der Waals surface area contributed by atoms with Crippen LogP contribution in [0.5, 0.6) is 0 Å². The predicted molar refractivity (Wildman–Crippen MR) is 71.2 cm³/mol. The Morgan fingerprint density at radius 2 is 2.12 bits per heavy atom. The van der Waals surface area contributed by atoms with Crippen LogP contribution in [0.15, 0.2) is 22.7 Å². The van der Waals surface area contributed by atoms with Gasteiger partial charge in [-0.05, 0) is 51.7 Å². The molecule has 0 spiro atoms. The zero-order valence-corrected chi connectivity index (χ0v) is 11.8. The number of rotatable bonds is 4. The maximum absolute atomic E-state index is 14.0. The van der Waals surface area contributed by atoms with E-state index in [-0.39, 0.29) is 17.3 Å². The summed E-state index contributed by atoms with van der Waals surface area (Å²) in [7, 11) is 3.97. The minimum Gasteiger partial charge on any atom is -0.330 e. The van der Waals surface area contributed by atoms with Crippen molar-refractivity contribution in [1.82, 2.24) is 4.90 Å². The molecule has 1 aromatic rings. The highest BCUT2D eigenvalue weighted by molar-refractivity contribution is 9.10. The van der Waals surface area contributed by atoms with Gasteiger partial charge in [0.2, 0.25) is 0 Å². The summed E-state index contributed by atoms with van der Waals surface area (Å²) in [6.07, 6.45) is 2.16. The van der Waals surface area contributed by atoms with E-state index in [0.717, 1.165) is 22.9 Å². The average molecular weight is 301 g/mol. The first kappa shape index (κ1) is 13.0. The van der Waals surface area contributed by atoms with Crippen LogP contribution in [0, 0.1) is 11.2 Å². The molecule has 1 aliphatic carbocycles. The third-order valence-electron chi connectivity index (χ3n) is 3.65. The SMILES string of the molecule is CN(C)C(c1cc(Br)ccc1F)C1(CN)CC1. The van der Waals surface area contributed by atoms with Crippen LogP contribution < -0.4 is 5.73 Å². The molecule has 94 valence electrons. The highest BCUT2D eigenvalue weighted by Gasteiger charge is 2.50. The highest BCUT2D eigenvalue weighted by atomic mass is 79.9. The molecule has 1 saturated carbocycles. The summed E-state index contributed by atoms with van der Waals surface area (Å²) in [6, 6.07) is 5.18. The van der Waals surface area contributed by atoms with Crippen LogP contribution in [0.2, 0.25) is 0 Å². The molecule has 0 aromatic heterocycles. The van der Waals surface area contributed by atoms with Gasteiger partial charge < -0.3 is 10.6 Å². The van der Waals surface area contributed by atoms with Gasteiger partial charge in [0.25, 0.3) is 0 Å². The lowest BCUT2D eigenvalue weighted by molar-refractivity contribution is 0.193. The Balaban J connectivity index is 2.43. The topological polar surface area (TPSA) is 29.3 Å². The minimum absolute atomic E-state index is 0.0602. The molecular weight excluding hydrogens is 283 g/mol. The quantitative estimate of drug-likeness (QED) is 0.926. The summed E-state index contributed by atoms with van der Waals surface area (Å²) in [5.74, 6) is -0.147. The standard InChI is InChI=1S/C13H18BrFN2/c1-17(2)12(13(8-16)5-6-13)10-7-9(14)3-4-11(10)15/h3-4,7,12H,5-6,8,16H2,1-2H3. The molecule has 1 aliphatic rings. The van der Waals surface area contributed by atoms with E-state index in [4.69, 9.17) is 5.73 Å². The molecule has 0 bridgehead atoms. The number of halogens is 2. The second-order valence-corrected chi connectivity index (χ2v) is 6.01. The molecule has 2 rings (SSSR count). The van der Waals surface area contributed by atoms with Crippen molar-refractivity contribution in [2.75, 3.05) is 20.6 Å². The van der Waals surface area contributed by atoms with Crippen molar-refractivity contribution in [3.63, 3.8) is 0 Å². The molecule has 0 aliphatic heterocycles. The Morgan fingerprint density at radius 3 is 2.59 bits per heavy atom. The zero-order valence-electron chi connectivity index (χ0n) is 10.2. The molecule has 2 nitrogen and oxygen atoms in total. The first-order valence-electron chi connectivity index (χ1n) is 5.81. The van der Waals surface area contributed by atoms with Crippen molar-refractivity contribution in [3.8, 4) is 0 Å². The van der Waals surface area contributed by atoms with Crippen LogP contribution in [-0.4, -0.2) is 25.5 Å². The lowest BCUT2D eigenvalue weighted by atomic mass is 9.89. The lowest BCUT2D eigenvalue weighted by Gasteiger charge is -2.32. The minimum atomic E-state index is -0.147. The maximum Gasteiger partial charge on any atom is 0.128 e. The summed E-state index contributed by atoms with van der Waals surface area (Å²) >= 11 is 3.41. The predicted octanol–water partition coefficient (Wildman–Crippen LogP) is 2.93. The van der Waals surface area contributed by atoms with Crippen molar-refractivity contribution in [3.05, 3.63) is 34.1 Å². The molecule has 1 fully saturated rings. The first-order valence-corrected chi connectivity index (χ1v) is 6.61. The van der Waals surface area contributed by atoms with Gasteiger partial charge in [-0.25, -0.2) is 4.39 Å². The molecule has 4 heteroatoms. The van der Waals surface area contributed by atoms with Gasteiger partial charge in [0.05, 0.1) is 0 Å². The van der Waals surface area contributed by atoms with Crippen molar-refractivity contribution in [1.29, 1.82) is 0 Å². The largest absolute Gasteiger partial charge is 0.330 e. The number of hydrogen-bond acceptors (Lipinski definition) is 2. The molecule has 1 aromatic carbocycles. The van der Waals surface area contributed by atoms with Crippen molar-refractivity contribution in [2.45, 2.75) is 18.9 Å². The smallest absolute Gasteiger partial charge is 0.128 e. The van der Waals surface area contributed by atoms with Gasteiger partial charge in [-0.2, -0.15) is 0 Å². The van der Waals surface area contributed by atoms with Crippen LogP contribution in [0.3, 0.4) is 0 Å². The van der Waals surface area contributed by atoms with Gasteiger partial charge in [-0.1, -0.05) is 15.9 Å². The monoisotopic (exact) mass is 300 g/mol. The third-order valence-corrected chi connectivity index (χ3v) is 4.14. The summed E-state index contributed by atoms with van der Waals surface area (Å²) in [5.41, 5.74) is 6.68. The van der Waals surface area contributed by atoms with Gasteiger partial charge in [0, 0.05) is 21.5 Å². The van der Waals surface area contributed by atoms with E-state index >= 15 is 0 Å². The van der Waals surface area contributed by atoms with E-state index in [9.17, 15) is 4.39 Å². The normalized spacial score (nSPS) is 19.4. The van der Waals surface area contributed by atoms with Gasteiger partial charge in [-0.3, -0.25) is 0 Å². The van der Waals surface area contributed by atoms with Crippen LogP contribution in [0.1, 0.15) is 24.4 Å². The van der Waals surface area contributed by atoms with E-state index in [0.29, 0.717) is 6.54 Å². The number of benzene rings is 1. The Bertz CT molecular complexity index is 416. The molecule has 1 unspecified atom stereocenters.